The van der Waals surface area contributed by atoms with Gasteiger partial charge in [0.15, 0.2) is 0 Å². The molecule has 0 saturated heterocycles. The molecule has 0 aliphatic heterocycles. The van der Waals surface area contributed by atoms with Gasteiger partial charge in [-0.15, -0.1) is 0 Å². The van der Waals surface area contributed by atoms with E-state index in [0.717, 1.165) is 24.2 Å². The van der Waals surface area contributed by atoms with E-state index in [2.05, 4.69) is 9.88 Å². The molecule has 2 aromatic rings. The first-order chi connectivity index (χ1) is 9.22. The van der Waals surface area contributed by atoms with Gasteiger partial charge in [0.25, 0.3) is 0 Å². The summed E-state index contributed by atoms with van der Waals surface area (Å²) in [5.41, 5.74) is 2.99. The van der Waals surface area contributed by atoms with Crippen molar-refractivity contribution in [3.05, 3.63) is 58.9 Å². The second-order valence-corrected chi connectivity index (χ2v) is 4.84. The van der Waals surface area contributed by atoms with Crippen molar-refractivity contribution in [3.63, 3.8) is 0 Å². The predicted molar refractivity (Wildman–Crippen MR) is 78.6 cm³/mol. The average Bonchev–Trinajstić information content (AvgIpc) is 2.45. The minimum Gasteiger partial charge on any atom is -0.392 e. The minimum absolute atomic E-state index is 0.00447. The van der Waals surface area contributed by atoms with Crippen LogP contribution >= 0.6 is 11.6 Å². The lowest BCUT2D eigenvalue weighted by Gasteiger charge is -2.23. The highest BCUT2D eigenvalue weighted by Crippen LogP contribution is 2.29. The van der Waals surface area contributed by atoms with Crippen LogP contribution in [0.15, 0.2) is 42.7 Å². The maximum Gasteiger partial charge on any atom is 0.0702 e. The summed E-state index contributed by atoms with van der Waals surface area (Å²) < 4.78 is 0. The molecule has 0 aliphatic rings. The Kier molecular flexibility index (Phi) is 4.77. The number of hydrogen-bond donors (Lipinski definition) is 1. The van der Waals surface area contributed by atoms with Crippen LogP contribution in [-0.2, 0) is 13.0 Å². The molecule has 19 heavy (non-hydrogen) atoms. The molecule has 0 fully saturated rings. The normalized spacial score (nSPS) is 10.5. The van der Waals surface area contributed by atoms with Crippen molar-refractivity contribution < 1.29 is 5.11 Å². The number of aromatic nitrogens is 1. The average molecular weight is 277 g/mol. The fraction of sp³-hybridized carbons (Fsp3) is 0.267. The molecule has 1 N–H and O–H groups in total. The van der Waals surface area contributed by atoms with Gasteiger partial charge in [-0.3, -0.25) is 4.98 Å². The largest absolute Gasteiger partial charge is 0.392 e. The van der Waals surface area contributed by atoms with Crippen molar-refractivity contribution in [2.24, 2.45) is 0 Å². The van der Waals surface area contributed by atoms with Gasteiger partial charge in [-0.05, 0) is 30.2 Å². The molecule has 0 aliphatic carbocycles. The Hall–Kier alpha value is -1.58. The molecule has 0 bridgehead atoms. The van der Waals surface area contributed by atoms with E-state index >= 15 is 0 Å². The Morgan fingerprint density at radius 3 is 2.63 bits per heavy atom. The molecule has 100 valence electrons. The Morgan fingerprint density at radius 2 is 1.95 bits per heavy atom. The van der Waals surface area contributed by atoms with Crippen LogP contribution in [0.4, 0.5) is 5.69 Å². The SMILES string of the molecule is CN(CCc1ccncc1)c1c(Cl)cccc1CO. The van der Waals surface area contributed by atoms with Crippen molar-refractivity contribution in [1.29, 1.82) is 0 Å². The van der Waals surface area contributed by atoms with E-state index in [-0.39, 0.29) is 6.61 Å². The number of pyridine rings is 1. The monoisotopic (exact) mass is 276 g/mol. The van der Waals surface area contributed by atoms with Crippen LogP contribution in [-0.4, -0.2) is 23.7 Å². The standard InChI is InChI=1S/C15H17ClN2O/c1-18(10-7-12-5-8-17-9-6-12)15-13(11-19)3-2-4-14(15)16/h2-6,8-9,19H,7,10-11H2,1H3. The van der Waals surface area contributed by atoms with Crippen LogP contribution < -0.4 is 4.90 Å². The number of para-hydroxylation sites is 1. The third-order valence-corrected chi connectivity index (χ3v) is 3.41. The summed E-state index contributed by atoms with van der Waals surface area (Å²) in [6.45, 7) is 0.830. The van der Waals surface area contributed by atoms with E-state index in [1.807, 2.05) is 37.4 Å². The third-order valence-electron chi connectivity index (χ3n) is 3.11. The molecule has 3 nitrogen and oxygen atoms in total. The molecule has 1 aromatic carbocycles. The molecule has 0 spiro atoms. The van der Waals surface area contributed by atoms with Crippen LogP contribution in [0, 0.1) is 0 Å². The molecule has 0 amide bonds. The van der Waals surface area contributed by atoms with Gasteiger partial charge in [-0.1, -0.05) is 23.7 Å². The zero-order valence-electron chi connectivity index (χ0n) is 10.9. The second-order valence-electron chi connectivity index (χ2n) is 4.43. The van der Waals surface area contributed by atoms with E-state index < -0.39 is 0 Å². The van der Waals surface area contributed by atoms with Crippen molar-refractivity contribution in [2.75, 3.05) is 18.5 Å². The van der Waals surface area contributed by atoms with E-state index in [1.165, 1.54) is 5.56 Å². The first-order valence-corrected chi connectivity index (χ1v) is 6.58. The van der Waals surface area contributed by atoms with E-state index in [9.17, 15) is 5.11 Å². The summed E-state index contributed by atoms with van der Waals surface area (Å²) in [5, 5.41) is 10.1. The van der Waals surface area contributed by atoms with Gasteiger partial charge >= 0.3 is 0 Å². The van der Waals surface area contributed by atoms with Crippen molar-refractivity contribution >= 4 is 17.3 Å². The zero-order chi connectivity index (χ0) is 13.7. The van der Waals surface area contributed by atoms with Crippen LogP contribution in [0.3, 0.4) is 0 Å². The summed E-state index contributed by atoms with van der Waals surface area (Å²) in [6, 6.07) is 9.61. The molecule has 4 heteroatoms. The number of anilines is 1. The van der Waals surface area contributed by atoms with Crippen LogP contribution in [0.1, 0.15) is 11.1 Å². The van der Waals surface area contributed by atoms with Gasteiger partial charge < -0.3 is 10.0 Å². The lowest BCUT2D eigenvalue weighted by Crippen LogP contribution is -2.22. The minimum atomic E-state index is -0.00447. The molecular formula is C15H17ClN2O. The van der Waals surface area contributed by atoms with Crippen molar-refractivity contribution in [3.8, 4) is 0 Å². The Balaban J connectivity index is 2.10. The summed E-state index contributed by atoms with van der Waals surface area (Å²) in [6.07, 6.45) is 4.50. The fourth-order valence-electron chi connectivity index (χ4n) is 2.07. The lowest BCUT2D eigenvalue weighted by atomic mass is 10.1. The van der Waals surface area contributed by atoms with E-state index in [0.29, 0.717) is 5.02 Å². The first-order valence-electron chi connectivity index (χ1n) is 6.20. The maximum absolute atomic E-state index is 9.38. The first kappa shape index (κ1) is 13.8. The van der Waals surface area contributed by atoms with Gasteiger partial charge in [-0.2, -0.15) is 0 Å². The number of rotatable bonds is 5. The fourth-order valence-corrected chi connectivity index (χ4v) is 2.41. The summed E-state index contributed by atoms with van der Waals surface area (Å²) in [4.78, 5) is 6.08. The number of halogens is 1. The molecule has 2 rings (SSSR count). The molecule has 0 saturated carbocycles. The molecule has 0 unspecified atom stereocenters. The number of aliphatic hydroxyl groups excluding tert-OH is 1. The highest BCUT2D eigenvalue weighted by molar-refractivity contribution is 6.33. The number of likely N-dealkylation sites (N-methyl/N-ethyl adjacent to an activating group) is 1. The Bertz CT molecular complexity index is 531. The summed E-state index contributed by atoms with van der Waals surface area (Å²) in [7, 11) is 1.99. The molecule has 1 aromatic heterocycles. The molecule has 0 radical (unpaired) electrons. The van der Waals surface area contributed by atoms with Crippen molar-refractivity contribution in [2.45, 2.75) is 13.0 Å². The van der Waals surface area contributed by atoms with Crippen LogP contribution in [0.2, 0.25) is 5.02 Å². The van der Waals surface area contributed by atoms with Crippen molar-refractivity contribution in [1.82, 2.24) is 4.98 Å². The van der Waals surface area contributed by atoms with E-state index in [1.54, 1.807) is 12.4 Å². The van der Waals surface area contributed by atoms with Gasteiger partial charge in [-0.25, -0.2) is 0 Å². The zero-order valence-corrected chi connectivity index (χ0v) is 11.6. The van der Waals surface area contributed by atoms with Gasteiger partial charge in [0, 0.05) is 31.5 Å². The third kappa shape index (κ3) is 3.46. The van der Waals surface area contributed by atoms with E-state index in [4.69, 9.17) is 11.6 Å². The molecule has 0 atom stereocenters. The number of hydrogen-bond acceptors (Lipinski definition) is 3. The number of benzene rings is 1. The lowest BCUT2D eigenvalue weighted by molar-refractivity contribution is 0.282. The van der Waals surface area contributed by atoms with Gasteiger partial charge in [0.1, 0.15) is 0 Å². The predicted octanol–water partition coefficient (Wildman–Crippen LogP) is 2.91. The second kappa shape index (κ2) is 6.55. The van der Waals surface area contributed by atoms with Gasteiger partial charge in [0.2, 0.25) is 0 Å². The Labute approximate surface area is 118 Å². The summed E-state index contributed by atoms with van der Waals surface area (Å²) in [5.74, 6) is 0. The van der Waals surface area contributed by atoms with Crippen LogP contribution in [0.25, 0.3) is 0 Å². The van der Waals surface area contributed by atoms with Gasteiger partial charge in [0.05, 0.1) is 17.3 Å². The van der Waals surface area contributed by atoms with Crippen LogP contribution in [0.5, 0.6) is 0 Å². The molecular weight excluding hydrogens is 260 g/mol. The summed E-state index contributed by atoms with van der Waals surface area (Å²) >= 11 is 6.22. The highest BCUT2D eigenvalue weighted by Gasteiger charge is 2.11. The smallest absolute Gasteiger partial charge is 0.0702 e. The number of aliphatic hydroxyl groups is 1. The topological polar surface area (TPSA) is 36.4 Å². The Morgan fingerprint density at radius 1 is 1.21 bits per heavy atom. The maximum atomic E-state index is 9.38. The quantitative estimate of drug-likeness (QED) is 0.912. The highest BCUT2D eigenvalue weighted by atomic mass is 35.5. The molecule has 1 heterocycles. The number of nitrogens with zero attached hydrogens (tertiary/aromatic N) is 2.